The zero-order valence-electron chi connectivity index (χ0n) is 18.3. The lowest BCUT2D eigenvalue weighted by molar-refractivity contribution is -0.128. The van der Waals surface area contributed by atoms with Crippen LogP contribution < -0.4 is 10.6 Å². The zero-order valence-corrected chi connectivity index (χ0v) is 20.6. The summed E-state index contributed by atoms with van der Waals surface area (Å²) < 4.78 is 0. The molecule has 0 saturated carbocycles. The van der Waals surface area contributed by atoms with Crippen molar-refractivity contribution in [1.82, 2.24) is 15.5 Å². The average molecular weight is 536 g/mol. The van der Waals surface area contributed by atoms with Crippen LogP contribution in [-0.2, 0) is 23.5 Å². The molecule has 1 aliphatic rings. The molecule has 1 fully saturated rings. The molecule has 3 N–H and O–H groups in total. The molecule has 0 aliphatic carbocycles. The topological polar surface area (TPSA) is 77.0 Å². The number of aliphatic hydroxyl groups is 1. The van der Waals surface area contributed by atoms with Gasteiger partial charge in [0.15, 0.2) is 5.96 Å². The molecule has 1 atom stereocenters. The van der Waals surface area contributed by atoms with Crippen LogP contribution >= 0.6 is 24.0 Å². The number of rotatable bonds is 8. The number of nitrogens with zero attached hydrogens (tertiary/aromatic N) is 2. The van der Waals surface area contributed by atoms with E-state index in [0.29, 0.717) is 32.0 Å². The van der Waals surface area contributed by atoms with E-state index in [1.165, 1.54) is 0 Å². The van der Waals surface area contributed by atoms with Gasteiger partial charge in [0.25, 0.3) is 0 Å². The van der Waals surface area contributed by atoms with E-state index >= 15 is 0 Å². The first-order valence-corrected chi connectivity index (χ1v) is 10.6. The van der Waals surface area contributed by atoms with Gasteiger partial charge in [-0.25, -0.2) is 4.99 Å². The Kier molecular flexibility index (Phi) is 9.77. The van der Waals surface area contributed by atoms with E-state index in [4.69, 9.17) is 4.99 Å². The Morgan fingerprint density at radius 2 is 1.77 bits per heavy atom. The van der Waals surface area contributed by atoms with Crippen LogP contribution in [0, 0.1) is 0 Å². The number of carbonyl (C=O) groups excluding carboxylic acids is 1. The lowest BCUT2D eigenvalue weighted by atomic mass is 9.96. The standard InChI is InChI=1S/C24H32N4O2.HI/c1-3-25-23(27-18-24(2,30)21-12-5-4-6-13-21)26-16-19-10-7-8-11-20(19)17-28-15-9-14-22(28)29;/h4-8,10-13,30H,3,9,14-18H2,1-2H3,(H2,25,26,27);1H. The number of aliphatic imine (C=N–C) groups is 1. The van der Waals surface area contributed by atoms with Gasteiger partial charge in [0.1, 0.15) is 5.60 Å². The minimum atomic E-state index is -1.01. The fourth-order valence-corrected chi connectivity index (χ4v) is 3.60. The molecule has 0 aromatic heterocycles. The normalized spacial score (nSPS) is 15.9. The zero-order chi connectivity index (χ0) is 21.4. The summed E-state index contributed by atoms with van der Waals surface area (Å²) in [4.78, 5) is 18.6. The van der Waals surface area contributed by atoms with Crippen molar-refractivity contribution < 1.29 is 9.90 Å². The van der Waals surface area contributed by atoms with Crippen LogP contribution in [0.4, 0.5) is 0 Å². The Labute approximate surface area is 202 Å². The lowest BCUT2D eigenvalue weighted by Gasteiger charge is -2.25. The Bertz CT molecular complexity index is 871. The Morgan fingerprint density at radius 3 is 2.42 bits per heavy atom. The average Bonchev–Trinajstić information content (AvgIpc) is 3.16. The molecule has 1 amide bonds. The first kappa shape index (κ1) is 25.1. The van der Waals surface area contributed by atoms with Crippen LogP contribution in [0.15, 0.2) is 59.6 Å². The second-order valence-electron chi connectivity index (χ2n) is 7.88. The summed E-state index contributed by atoms with van der Waals surface area (Å²) in [5.41, 5.74) is 2.08. The largest absolute Gasteiger partial charge is 0.384 e. The minimum absolute atomic E-state index is 0. The highest BCUT2D eigenvalue weighted by atomic mass is 127. The molecule has 0 bridgehead atoms. The lowest BCUT2D eigenvalue weighted by Crippen LogP contribution is -2.44. The summed E-state index contributed by atoms with van der Waals surface area (Å²) in [7, 11) is 0. The maximum Gasteiger partial charge on any atom is 0.222 e. The maximum atomic E-state index is 12.0. The van der Waals surface area contributed by atoms with Gasteiger partial charge in [-0.2, -0.15) is 0 Å². The third-order valence-corrected chi connectivity index (χ3v) is 5.40. The summed E-state index contributed by atoms with van der Waals surface area (Å²) in [5.74, 6) is 0.882. The molecule has 7 heteroatoms. The Balaban J connectivity index is 0.00000341. The first-order valence-electron chi connectivity index (χ1n) is 10.6. The molecule has 1 heterocycles. The molecule has 168 valence electrons. The molecule has 2 aromatic carbocycles. The highest BCUT2D eigenvalue weighted by Gasteiger charge is 2.23. The van der Waals surface area contributed by atoms with Gasteiger partial charge in [-0.3, -0.25) is 4.79 Å². The number of likely N-dealkylation sites (tertiary alicyclic amines) is 1. The van der Waals surface area contributed by atoms with Crippen molar-refractivity contribution in [2.45, 2.75) is 45.4 Å². The third-order valence-electron chi connectivity index (χ3n) is 5.40. The number of guanidine groups is 1. The van der Waals surface area contributed by atoms with Crippen LogP contribution in [0.25, 0.3) is 0 Å². The smallest absolute Gasteiger partial charge is 0.222 e. The van der Waals surface area contributed by atoms with Crippen molar-refractivity contribution in [3.05, 3.63) is 71.3 Å². The van der Waals surface area contributed by atoms with E-state index in [-0.39, 0.29) is 29.9 Å². The number of hydrogen-bond donors (Lipinski definition) is 3. The van der Waals surface area contributed by atoms with Gasteiger partial charge >= 0.3 is 0 Å². The Morgan fingerprint density at radius 1 is 1.10 bits per heavy atom. The fourth-order valence-electron chi connectivity index (χ4n) is 3.60. The van der Waals surface area contributed by atoms with Crippen molar-refractivity contribution >= 4 is 35.8 Å². The van der Waals surface area contributed by atoms with E-state index in [2.05, 4.69) is 22.8 Å². The number of hydrogen-bond acceptors (Lipinski definition) is 3. The second-order valence-corrected chi connectivity index (χ2v) is 7.88. The van der Waals surface area contributed by atoms with Crippen molar-refractivity contribution in [1.29, 1.82) is 0 Å². The van der Waals surface area contributed by atoms with Crippen molar-refractivity contribution in [3.8, 4) is 0 Å². The van der Waals surface area contributed by atoms with Crippen molar-refractivity contribution in [2.24, 2.45) is 4.99 Å². The van der Waals surface area contributed by atoms with Crippen molar-refractivity contribution in [3.63, 3.8) is 0 Å². The molecule has 1 aliphatic heterocycles. The van der Waals surface area contributed by atoms with Crippen molar-refractivity contribution in [2.75, 3.05) is 19.6 Å². The second kappa shape index (κ2) is 12.0. The predicted octanol–water partition coefficient (Wildman–Crippen LogP) is 3.39. The molecule has 1 saturated heterocycles. The fraction of sp³-hybridized carbons (Fsp3) is 0.417. The summed E-state index contributed by atoms with van der Waals surface area (Å²) in [6.07, 6.45) is 1.59. The molecule has 1 unspecified atom stereocenters. The van der Waals surface area contributed by atoms with E-state index in [9.17, 15) is 9.90 Å². The highest BCUT2D eigenvalue weighted by Crippen LogP contribution is 2.19. The summed E-state index contributed by atoms with van der Waals surface area (Å²) >= 11 is 0. The number of nitrogens with one attached hydrogen (secondary N) is 2. The number of amides is 1. The quantitative estimate of drug-likeness (QED) is 0.275. The molecule has 2 aromatic rings. The third kappa shape index (κ3) is 7.21. The van der Waals surface area contributed by atoms with Gasteiger partial charge in [0.2, 0.25) is 5.91 Å². The molecule has 31 heavy (non-hydrogen) atoms. The molecule has 0 spiro atoms. The van der Waals surface area contributed by atoms with Gasteiger partial charge < -0.3 is 20.6 Å². The first-order chi connectivity index (χ1) is 14.5. The van der Waals surface area contributed by atoms with Crippen LogP contribution in [0.1, 0.15) is 43.4 Å². The SMILES string of the molecule is CCNC(=NCc1ccccc1CN1CCCC1=O)NCC(C)(O)c1ccccc1.I. The van der Waals surface area contributed by atoms with Crippen LogP contribution in [-0.4, -0.2) is 41.5 Å². The Hall–Kier alpha value is -2.13. The maximum absolute atomic E-state index is 12.0. The van der Waals surface area contributed by atoms with Gasteiger partial charge in [0.05, 0.1) is 13.1 Å². The number of carbonyl (C=O) groups is 1. The minimum Gasteiger partial charge on any atom is -0.384 e. The number of benzene rings is 2. The molecular formula is C24H33IN4O2. The van der Waals surface area contributed by atoms with E-state index < -0.39 is 5.60 Å². The van der Waals surface area contributed by atoms with E-state index in [0.717, 1.165) is 36.2 Å². The van der Waals surface area contributed by atoms with Gasteiger partial charge in [0, 0.05) is 26.1 Å². The number of halogens is 1. The molecule has 6 nitrogen and oxygen atoms in total. The summed E-state index contributed by atoms with van der Waals surface area (Å²) in [5, 5.41) is 17.3. The monoisotopic (exact) mass is 536 g/mol. The van der Waals surface area contributed by atoms with E-state index in [1.807, 2.05) is 54.3 Å². The summed E-state index contributed by atoms with van der Waals surface area (Å²) in [6.45, 7) is 6.84. The van der Waals surface area contributed by atoms with Crippen LogP contribution in [0.3, 0.4) is 0 Å². The summed E-state index contributed by atoms with van der Waals surface area (Å²) in [6, 6.07) is 17.7. The molecule has 0 radical (unpaired) electrons. The van der Waals surface area contributed by atoms with Gasteiger partial charge in [-0.05, 0) is 37.0 Å². The predicted molar refractivity (Wildman–Crippen MR) is 135 cm³/mol. The molecule has 3 rings (SSSR count). The molecular weight excluding hydrogens is 503 g/mol. The van der Waals surface area contributed by atoms with Crippen LogP contribution in [0.5, 0.6) is 0 Å². The van der Waals surface area contributed by atoms with E-state index in [1.54, 1.807) is 6.92 Å². The van der Waals surface area contributed by atoms with Crippen LogP contribution in [0.2, 0.25) is 0 Å². The van der Waals surface area contributed by atoms with Gasteiger partial charge in [-0.1, -0.05) is 54.6 Å². The van der Waals surface area contributed by atoms with Gasteiger partial charge in [-0.15, -0.1) is 24.0 Å². The highest BCUT2D eigenvalue weighted by molar-refractivity contribution is 14.0.